The molecule has 0 atom stereocenters. The first-order chi connectivity index (χ1) is 6.75. The van der Waals surface area contributed by atoms with Crippen molar-refractivity contribution in [3.05, 3.63) is 21.9 Å². The van der Waals surface area contributed by atoms with Crippen LogP contribution in [0.25, 0.3) is 9.40 Å². The van der Waals surface area contributed by atoms with E-state index in [4.69, 9.17) is 0 Å². The third-order valence-corrected chi connectivity index (χ3v) is 3.58. The van der Waals surface area contributed by atoms with Gasteiger partial charge in [0.05, 0.1) is 0 Å². The van der Waals surface area contributed by atoms with Crippen molar-refractivity contribution in [3.8, 4) is 0 Å². The van der Waals surface area contributed by atoms with Crippen LogP contribution in [0.1, 0.15) is 37.4 Å². The molecule has 0 aromatic carbocycles. The van der Waals surface area contributed by atoms with Crippen molar-refractivity contribution < 1.29 is 0 Å². The lowest BCUT2D eigenvalue weighted by Crippen LogP contribution is -1.49. The van der Waals surface area contributed by atoms with Crippen molar-refractivity contribution in [1.29, 1.82) is 0 Å². The average Bonchev–Trinajstić information content (AvgIpc) is 2.67. The summed E-state index contributed by atoms with van der Waals surface area (Å²) in [7, 11) is 0. The van der Waals surface area contributed by atoms with Gasteiger partial charge in [-0.15, -0.1) is 22.7 Å². The van der Waals surface area contributed by atoms with Gasteiger partial charge >= 0.3 is 0 Å². The maximum absolute atomic E-state index is 2.26. The zero-order valence-corrected chi connectivity index (χ0v) is 11.6. The Bertz CT molecular complexity index is 292. The number of rotatable bonds is 0. The molecule has 2 heteroatoms. The number of hydrogen-bond acceptors (Lipinski definition) is 2. The molecule has 2 heterocycles. The summed E-state index contributed by atoms with van der Waals surface area (Å²) in [6.07, 6.45) is 0. The SMILES string of the molecule is CC.CC.Cc1cc2sc(C)cc2s1. The molecule has 0 radical (unpaired) electrons. The Balaban J connectivity index is 0.000000379. The molecule has 0 bridgehead atoms. The fraction of sp³-hybridized carbons (Fsp3) is 0.500. The van der Waals surface area contributed by atoms with Gasteiger partial charge in [0.15, 0.2) is 0 Å². The van der Waals surface area contributed by atoms with E-state index in [2.05, 4.69) is 26.0 Å². The second kappa shape index (κ2) is 7.02. The summed E-state index contributed by atoms with van der Waals surface area (Å²) in [5, 5.41) is 0. The summed E-state index contributed by atoms with van der Waals surface area (Å²) in [4.78, 5) is 2.84. The minimum Gasteiger partial charge on any atom is -0.140 e. The van der Waals surface area contributed by atoms with Gasteiger partial charge in [-0.1, -0.05) is 27.7 Å². The first-order valence-corrected chi connectivity index (χ1v) is 6.85. The fourth-order valence-corrected chi connectivity index (χ4v) is 3.31. The lowest BCUT2D eigenvalue weighted by atomic mass is 10.4. The molecule has 0 saturated heterocycles. The Labute approximate surface area is 95.6 Å². The van der Waals surface area contributed by atoms with Crippen LogP contribution in [-0.4, -0.2) is 0 Å². The second-order valence-electron chi connectivity index (χ2n) is 2.44. The van der Waals surface area contributed by atoms with E-state index in [1.54, 1.807) is 0 Å². The average molecular weight is 228 g/mol. The largest absolute Gasteiger partial charge is 0.140 e. The van der Waals surface area contributed by atoms with Crippen LogP contribution >= 0.6 is 22.7 Å². The summed E-state index contributed by atoms with van der Waals surface area (Å²) in [5.41, 5.74) is 0. The molecule has 0 saturated carbocycles. The number of fused-ring (bicyclic) bond motifs is 1. The van der Waals surface area contributed by atoms with Crippen LogP contribution in [-0.2, 0) is 0 Å². The highest BCUT2D eigenvalue weighted by atomic mass is 32.1. The summed E-state index contributed by atoms with van der Waals surface area (Å²) in [6, 6.07) is 4.52. The van der Waals surface area contributed by atoms with Crippen LogP contribution < -0.4 is 0 Å². The molecule has 0 unspecified atom stereocenters. The van der Waals surface area contributed by atoms with Gasteiger partial charge in [0.1, 0.15) is 0 Å². The van der Waals surface area contributed by atoms with Crippen LogP contribution in [0.15, 0.2) is 12.1 Å². The fourth-order valence-electron chi connectivity index (χ4n) is 1.08. The maximum atomic E-state index is 2.26. The van der Waals surface area contributed by atoms with E-state index < -0.39 is 0 Å². The summed E-state index contributed by atoms with van der Waals surface area (Å²) in [5.74, 6) is 0. The van der Waals surface area contributed by atoms with Gasteiger partial charge in [-0.2, -0.15) is 0 Å². The smallest absolute Gasteiger partial charge is 0.0456 e. The van der Waals surface area contributed by atoms with E-state index >= 15 is 0 Å². The molecule has 0 N–H and O–H groups in total. The molecule has 0 nitrogen and oxygen atoms in total. The molecule has 0 aliphatic carbocycles. The molecular weight excluding hydrogens is 208 g/mol. The predicted molar refractivity (Wildman–Crippen MR) is 71.9 cm³/mol. The highest BCUT2D eigenvalue weighted by molar-refractivity contribution is 7.27. The minimum absolute atomic E-state index is 1.42. The Morgan fingerprint density at radius 1 is 0.714 bits per heavy atom. The molecule has 80 valence electrons. The van der Waals surface area contributed by atoms with Gasteiger partial charge in [-0.3, -0.25) is 0 Å². The highest BCUT2D eigenvalue weighted by Gasteiger charge is 2.00. The van der Waals surface area contributed by atoms with Crippen LogP contribution in [0.4, 0.5) is 0 Å². The minimum atomic E-state index is 1.42. The standard InChI is InChI=1S/C8H8S2.2C2H6/c1-5-3-7-8(9-5)4-6(2)10-7;2*1-2/h3-4H,1-2H3;2*1-2H3. The number of aryl methyl sites for hydroxylation is 2. The maximum Gasteiger partial charge on any atom is 0.0456 e. The Morgan fingerprint density at radius 3 is 1.29 bits per heavy atom. The van der Waals surface area contributed by atoms with Crippen LogP contribution in [0.5, 0.6) is 0 Å². The zero-order chi connectivity index (χ0) is 11.1. The van der Waals surface area contributed by atoms with E-state index in [1.165, 1.54) is 19.2 Å². The second-order valence-corrected chi connectivity index (χ2v) is 5.02. The van der Waals surface area contributed by atoms with E-state index in [1.807, 2.05) is 50.4 Å². The molecule has 2 aromatic heterocycles. The molecule has 2 rings (SSSR count). The van der Waals surface area contributed by atoms with Crippen LogP contribution in [0, 0.1) is 13.8 Å². The number of thiophene rings is 2. The van der Waals surface area contributed by atoms with Crippen molar-refractivity contribution in [3.63, 3.8) is 0 Å². The predicted octanol–water partition coefficient (Wildman–Crippen LogP) is 5.63. The monoisotopic (exact) mass is 228 g/mol. The molecule has 0 aliphatic heterocycles. The molecule has 0 spiro atoms. The quantitative estimate of drug-likeness (QED) is 0.548. The molecule has 0 fully saturated rings. The summed E-state index contributed by atoms with van der Waals surface area (Å²) in [6.45, 7) is 12.3. The lowest BCUT2D eigenvalue weighted by molar-refractivity contribution is 1.50. The molecule has 14 heavy (non-hydrogen) atoms. The van der Waals surface area contributed by atoms with Gasteiger partial charge in [-0.05, 0) is 26.0 Å². The first kappa shape index (κ1) is 13.7. The number of hydrogen-bond donors (Lipinski definition) is 0. The zero-order valence-electron chi connectivity index (χ0n) is 9.97. The van der Waals surface area contributed by atoms with Crippen molar-refractivity contribution in [2.75, 3.05) is 0 Å². The van der Waals surface area contributed by atoms with Crippen molar-refractivity contribution in [2.24, 2.45) is 0 Å². The van der Waals surface area contributed by atoms with E-state index in [0.717, 1.165) is 0 Å². The van der Waals surface area contributed by atoms with E-state index in [0.29, 0.717) is 0 Å². The summed E-state index contributed by atoms with van der Waals surface area (Å²) < 4.78 is 2.89. The van der Waals surface area contributed by atoms with Gasteiger partial charge in [0, 0.05) is 19.2 Å². The topological polar surface area (TPSA) is 0 Å². The summed E-state index contributed by atoms with van der Waals surface area (Å²) >= 11 is 3.77. The first-order valence-electron chi connectivity index (χ1n) is 5.22. The van der Waals surface area contributed by atoms with Gasteiger partial charge in [0.25, 0.3) is 0 Å². The van der Waals surface area contributed by atoms with Gasteiger partial charge in [-0.25, -0.2) is 0 Å². The van der Waals surface area contributed by atoms with Gasteiger partial charge in [0.2, 0.25) is 0 Å². The van der Waals surface area contributed by atoms with Crippen molar-refractivity contribution in [1.82, 2.24) is 0 Å². The molecule has 2 aromatic rings. The van der Waals surface area contributed by atoms with E-state index in [9.17, 15) is 0 Å². The van der Waals surface area contributed by atoms with Crippen LogP contribution in [0.2, 0.25) is 0 Å². The molecule has 0 amide bonds. The molecular formula is C12H20S2. The molecule has 0 aliphatic rings. The third kappa shape index (κ3) is 3.43. The van der Waals surface area contributed by atoms with Crippen LogP contribution in [0.3, 0.4) is 0 Å². The Kier molecular flexibility index (Phi) is 6.85. The van der Waals surface area contributed by atoms with Crippen molar-refractivity contribution >= 4 is 32.1 Å². The normalized spacial score (nSPS) is 8.71. The Morgan fingerprint density at radius 2 is 1.00 bits per heavy atom. The van der Waals surface area contributed by atoms with E-state index in [-0.39, 0.29) is 0 Å². The highest BCUT2D eigenvalue weighted by Crippen LogP contribution is 2.31. The lowest BCUT2D eigenvalue weighted by Gasteiger charge is -1.74. The Hall–Kier alpha value is -0.340. The van der Waals surface area contributed by atoms with Gasteiger partial charge < -0.3 is 0 Å². The third-order valence-electron chi connectivity index (χ3n) is 1.45. The van der Waals surface area contributed by atoms with Crippen molar-refractivity contribution in [2.45, 2.75) is 41.5 Å².